The lowest BCUT2D eigenvalue weighted by molar-refractivity contribution is 0.0923. The van der Waals surface area contributed by atoms with E-state index in [2.05, 4.69) is 37.7 Å². The predicted molar refractivity (Wildman–Crippen MR) is 135 cm³/mol. The van der Waals surface area contributed by atoms with Gasteiger partial charge in [0, 0.05) is 30.9 Å². The van der Waals surface area contributed by atoms with E-state index in [1.807, 2.05) is 19.2 Å². The number of benzene rings is 1. The van der Waals surface area contributed by atoms with E-state index in [1.54, 1.807) is 23.3 Å². The number of nitrogens with two attached hydrogens (primary N) is 1. The summed E-state index contributed by atoms with van der Waals surface area (Å²) < 4.78 is 1.65. The molecule has 2 amide bonds. The van der Waals surface area contributed by atoms with Crippen molar-refractivity contribution in [2.75, 3.05) is 10.2 Å². The van der Waals surface area contributed by atoms with Gasteiger partial charge >= 0.3 is 0 Å². The molecule has 186 valence electrons. The van der Waals surface area contributed by atoms with Crippen LogP contribution in [0.1, 0.15) is 70.9 Å². The van der Waals surface area contributed by atoms with Crippen LogP contribution in [0.25, 0.3) is 0 Å². The Labute approximate surface area is 209 Å². The molecule has 4 N–H and O–H groups in total. The van der Waals surface area contributed by atoms with Crippen molar-refractivity contribution in [3.05, 3.63) is 59.7 Å². The normalized spacial score (nSPS) is 22.9. The van der Waals surface area contributed by atoms with E-state index in [0.29, 0.717) is 34.8 Å². The average molecular weight is 487 g/mol. The van der Waals surface area contributed by atoms with Gasteiger partial charge in [-0.1, -0.05) is 12.1 Å². The summed E-state index contributed by atoms with van der Waals surface area (Å²) in [4.78, 5) is 36.5. The lowest BCUT2D eigenvalue weighted by Gasteiger charge is -2.41. The third-order valence-electron chi connectivity index (χ3n) is 7.59. The molecule has 10 heteroatoms. The number of carbonyl (C=O) groups excluding carboxylic acids is 2. The Morgan fingerprint density at radius 3 is 2.50 bits per heavy atom. The quantitative estimate of drug-likeness (QED) is 0.468. The molecule has 2 saturated heterocycles. The summed E-state index contributed by atoms with van der Waals surface area (Å²) in [6, 6.07) is 8.47. The van der Waals surface area contributed by atoms with E-state index in [-0.39, 0.29) is 23.7 Å². The van der Waals surface area contributed by atoms with Crippen molar-refractivity contribution in [3.63, 3.8) is 0 Å². The molecule has 2 aliphatic heterocycles. The number of aromatic nitrogens is 4. The molecule has 10 nitrogen and oxygen atoms in total. The number of amides is 2. The molecule has 3 fully saturated rings. The van der Waals surface area contributed by atoms with Gasteiger partial charge in [0.2, 0.25) is 0 Å². The average Bonchev–Trinajstić information content (AvgIpc) is 3.57. The van der Waals surface area contributed by atoms with Gasteiger partial charge < -0.3 is 21.3 Å². The van der Waals surface area contributed by atoms with Crippen LogP contribution in [0.4, 0.5) is 17.3 Å². The number of anilines is 3. The van der Waals surface area contributed by atoms with Crippen molar-refractivity contribution < 1.29 is 9.59 Å². The Bertz CT molecular complexity index is 1300. The van der Waals surface area contributed by atoms with Crippen LogP contribution in [-0.2, 0) is 7.05 Å². The Kier molecular flexibility index (Phi) is 5.58. The first-order valence-electron chi connectivity index (χ1n) is 12.6. The standard InChI is InChI=1S/C26H30N8O2/c1-33-14-18(12-29-33)30-25-23(24(27)35)28-13-22(32-25)34-19-8-10-20(21(34)11-9-19)31-26(36)17-6-4-16(5-7-17)15-2-3-15/h4-7,12-15,19-21H,2-3,8-11H2,1H3,(H2,27,35)(H,30,32)(H,31,36)/t19-,20+,21-/m1/s1. The lowest BCUT2D eigenvalue weighted by atomic mass is 9.96. The zero-order chi connectivity index (χ0) is 24.8. The molecular weight excluding hydrogens is 456 g/mol. The maximum atomic E-state index is 13.1. The van der Waals surface area contributed by atoms with Gasteiger partial charge in [-0.2, -0.15) is 5.10 Å². The minimum absolute atomic E-state index is 0.00621. The Morgan fingerprint density at radius 2 is 1.81 bits per heavy atom. The monoisotopic (exact) mass is 486 g/mol. The summed E-state index contributed by atoms with van der Waals surface area (Å²) in [5, 5.41) is 10.6. The van der Waals surface area contributed by atoms with E-state index in [1.165, 1.54) is 18.4 Å². The Morgan fingerprint density at radius 1 is 1.03 bits per heavy atom. The first kappa shape index (κ1) is 22.5. The van der Waals surface area contributed by atoms with Gasteiger partial charge in [0.15, 0.2) is 11.5 Å². The molecular formula is C26H30N8O2. The molecule has 1 aromatic carbocycles. The maximum Gasteiger partial charge on any atom is 0.271 e. The topological polar surface area (TPSA) is 131 Å². The van der Waals surface area contributed by atoms with Crippen LogP contribution in [0.2, 0.25) is 0 Å². The SMILES string of the molecule is Cn1cc(Nc2nc(N3[C@@H]4CC[C@H](NC(=O)c5ccc(C6CC6)cc5)[C@H]3CC4)cnc2C(N)=O)cn1. The van der Waals surface area contributed by atoms with Gasteiger partial charge in [0.05, 0.1) is 24.1 Å². The summed E-state index contributed by atoms with van der Waals surface area (Å²) >= 11 is 0. The fourth-order valence-corrected chi connectivity index (χ4v) is 5.65. The van der Waals surface area contributed by atoms with Gasteiger partial charge in [-0.15, -0.1) is 0 Å². The van der Waals surface area contributed by atoms with Crippen molar-refractivity contribution in [3.8, 4) is 0 Å². The minimum Gasteiger partial charge on any atom is -0.364 e. The zero-order valence-corrected chi connectivity index (χ0v) is 20.2. The molecule has 0 spiro atoms. The fraction of sp³-hybridized carbons (Fsp3) is 0.423. The number of rotatable bonds is 7. The summed E-state index contributed by atoms with van der Waals surface area (Å²) in [7, 11) is 1.81. The molecule has 0 unspecified atom stereocenters. The van der Waals surface area contributed by atoms with Crippen molar-refractivity contribution in [2.45, 2.75) is 62.6 Å². The number of fused-ring (bicyclic) bond motifs is 2. The Hall–Kier alpha value is -3.95. The molecule has 3 aliphatic rings. The third kappa shape index (κ3) is 4.27. The maximum absolute atomic E-state index is 13.1. The highest BCUT2D eigenvalue weighted by Crippen LogP contribution is 2.41. The zero-order valence-electron chi connectivity index (χ0n) is 20.2. The molecule has 4 heterocycles. The summed E-state index contributed by atoms with van der Waals surface area (Å²) in [5.41, 5.74) is 8.34. The Balaban J connectivity index is 1.22. The first-order chi connectivity index (χ1) is 17.5. The van der Waals surface area contributed by atoms with Crippen LogP contribution in [0, 0.1) is 0 Å². The molecule has 1 saturated carbocycles. The number of primary amides is 1. The van der Waals surface area contributed by atoms with E-state index in [4.69, 9.17) is 10.7 Å². The van der Waals surface area contributed by atoms with Gasteiger partial charge in [-0.3, -0.25) is 14.3 Å². The molecule has 36 heavy (non-hydrogen) atoms. The number of hydrogen-bond acceptors (Lipinski definition) is 7. The van der Waals surface area contributed by atoms with E-state index in [9.17, 15) is 9.59 Å². The third-order valence-corrected chi connectivity index (χ3v) is 7.59. The lowest BCUT2D eigenvalue weighted by Crippen LogP contribution is -2.55. The van der Waals surface area contributed by atoms with Gasteiger partial charge in [-0.25, -0.2) is 9.97 Å². The van der Waals surface area contributed by atoms with Crippen molar-refractivity contribution in [1.82, 2.24) is 25.1 Å². The molecule has 1 aliphatic carbocycles. The van der Waals surface area contributed by atoms with E-state index in [0.717, 1.165) is 25.7 Å². The number of carbonyl (C=O) groups is 2. The smallest absolute Gasteiger partial charge is 0.271 e. The van der Waals surface area contributed by atoms with Crippen LogP contribution in [0.5, 0.6) is 0 Å². The number of aryl methyl sites for hydroxylation is 1. The van der Waals surface area contributed by atoms with Gasteiger partial charge in [0.1, 0.15) is 5.82 Å². The molecule has 3 aromatic rings. The number of nitrogens with one attached hydrogen (secondary N) is 2. The predicted octanol–water partition coefficient (Wildman–Crippen LogP) is 2.86. The van der Waals surface area contributed by atoms with Crippen molar-refractivity contribution in [2.24, 2.45) is 12.8 Å². The molecule has 2 aromatic heterocycles. The van der Waals surface area contributed by atoms with Crippen LogP contribution in [0.3, 0.4) is 0 Å². The highest BCUT2D eigenvalue weighted by Gasteiger charge is 2.44. The van der Waals surface area contributed by atoms with Gasteiger partial charge in [-0.05, 0) is 62.1 Å². The molecule has 2 bridgehead atoms. The van der Waals surface area contributed by atoms with E-state index >= 15 is 0 Å². The van der Waals surface area contributed by atoms with Crippen LogP contribution >= 0.6 is 0 Å². The van der Waals surface area contributed by atoms with E-state index < -0.39 is 5.91 Å². The molecule has 6 rings (SSSR count). The van der Waals surface area contributed by atoms with Crippen molar-refractivity contribution >= 4 is 29.1 Å². The summed E-state index contributed by atoms with van der Waals surface area (Å²) in [5.74, 6) is 0.951. The molecule has 0 radical (unpaired) electrons. The minimum atomic E-state index is -0.653. The van der Waals surface area contributed by atoms with Crippen LogP contribution < -0.4 is 21.3 Å². The second-order valence-corrected chi connectivity index (χ2v) is 10.1. The number of piperidine rings is 1. The van der Waals surface area contributed by atoms with Crippen LogP contribution in [0.15, 0.2) is 42.9 Å². The van der Waals surface area contributed by atoms with Gasteiger partial charge in [0.25, 0.3) is 11.8 Å². The summed E-state index contributed by atoms with van der Waals surface area (Å²) in [6.07, 6.45) is 11.4. The first-order valence-corrected chi connectivity index (χ1v) is 12.6. The van der Waals surface area contributed by atoms with Crippen LogP contribution in [-0.4, -0.2) is 49.7 Å². The highest BCUT2D eigenvalue weighted by atomic mass is 16.2. The highest BCUT2D eigenvalue weighted by molar-refractivity contribution is 5.96. The number of hydrogen-bond donors (Lipinski definition) is 3. The van der Waals surface area contributed by atoms with Crippen molar-refractivity contribution in [1.29, 1.82) is 0 Å². The summed E-state index contributed by atoms with van der Waals surface area (Å²) in [6.45, 7) is 0. The fourth-order valence-electron chi connectivity index (χ4n) is 5.65. The second-order valence-electron chi connectivity index (χ2n) is 10.1. The molecule has 3 atom stereocenters. The second kappa shape index (κ2) is 8.92. The largest absolute Gasteiger partial charge is 0.364 e. The number of nitrogens with zero attached hydrogens (tertiary/aromatic N) is 5.